The van der Waals surface area contributed by atoms with Crippen molar-refractivity contribution in [1.82, 2.24) is 20.2 Å². The van der Waals surface area contributed by atoms with Crippen molar-refractivity contribution >= 4 is 6.08 Å². The molecule has 0 fully saturated rings. The number of aromatic amines is 1. The average Bonchev–Trinajstić information content (AvgIpc) is 3.08. The lowest BCUT2D eigenvalue weighted by atomic mass is 9.99. The first-order chi connectivity index (χ1) is 12.0. The molecule has 0 aliphatic rings. The van der Waals surface area contributed by atoms with Gasteiger partial charge in [-0.25, -0.2) is 14.4 Å². The van der Waals surface area contributed by atoms with Gasteiger partial charge in [0.25, 0.3) is 0 Å². The van der Waals surface area contributed by atoms with E-state index in [1.165, 1.54) is 6.07 Å². The summed E-state index contributed by atoms with van der Waals surface area (Å²) < 4.78 is 14.6. The molecule has 0 aliphatic carbocycles. The van der Waals surface area contributed by atoms with Crippen LogP contribution in [0.25, 0.3) is 28.7 Å². The van der Waals surface area contributed by atoms with Gasteiger partial charge in [-0.1, -0.05) is 32.1 Å². The van der Waals surface area contributed by atoms with Crippen LogP contribution in [0.2, 0.25) is 0 Å². The molecule has 0 saturated carbocycles. The highest BCUT2D eigenvalue weighted by Gasteiger charge is 2.16. The molecule has 0 radical (unpaired) electrons. The number of halogens is 1. The molecule has 2 heterocycles. The van der Waals surface area contributed by atoms with Gasteiger partial charge in [0.05, 0.1) is 5.69 Å². The highest BCUT2D eigenvalue weighted by molar-refractivity contribution is 5.77. The van der Waals surface area contributed by atoms with Crippen molar-refractivity contribution in [3.63, 3.8) is 0 Å². The van der Waals surface area contributed by atoms with E-state index in [-0.39, 0.29) is 5.82 Å². The molecule has 0 atom stereocenters. The van der Waals surface area contributed by atoms with E-state index in [0.717, 1.165) is 22.5 Å². The van der Waals surface area contributed by atoms with Gasteiger partial charge in [-0.2, -0.15) is 5.10 Å². The number of aromatic nitrogens is 4. The highest BCUT2D eigenvalue weighted by atomic mass is 19.1. The van der Waals surface area contributed by atoms with Crippen molar-refractivity contribution in [2.75, 3.05) is 0 Å². The number of hydrogen-bond donors (Lipinski definition) is 1. The Hall–Kier alpha value is -2.82. The fourth-order valence-electron chi connectivity index (χ4n) is 2.66. The van der Waals surface area contributed by atoms with E-state index in [1.807, 2.05) is 38.1 Å². The number of H-pyrrole nitrogens is 1. The zero-order chi connectivity index (χ0) is 18.0. The van der Waals surface area contributed by atoms with E-state index in [0.29, 0.717) is 23.0 Å². The van der Waals surface area contributed by atoms with Gasteiger partial charge in [0.15, 0.2) is 5.82 Å². The second-order valence-corrected chi connectivity index (χ2v) is 6.45. The molecule has 0 unspecified atom stereocenters. The van der Waals surface area contributed by atoms with Crippen LogP contribution in [0, 0.1) is 25.6 Å². The molecule has 1 N–H and O–H groups in total. The van der Waals surface area contributed by atoms with Crippen molar-refractivity contribution in [2.24, 2.45) is 5.92 Å². The third-order valence-corrected chi connectivity index (χ3v) is 3.89. The summed E-state index contributed by atoms with van der Waals surface area (Å²) in [5, 5.41) is 6.83. The number of nitrogens with zero attached hydrogens (tertiary/aromatic N) is 3. The van der Waals surface area contributed by atoms with E-state index < -0.39 is 0 Å². The topological polar surface area (TPSA) is 54.5 Å². The Morgan fingerprint density at radius 1 is 1.12 bits per heavy atom. The third-order valence-electron chi connectivity index (χ3n) is 3.89. The van der Waals surface area contributed by atoms with Gasteiger partial charge in [-0.05, 0) is 43.5 Å². The summed E-state index contributed by atoms with van der Waals surface area (Å²) in [7, 11) is 0. The average molecular weight is 336 g/mol. The molecule has 0 bridgehead atoms. The van der Waals surface area contributed by atoms with Crippen molar-refractivity contribution in [3.05, 3.63) is 59.3 Å². The van der Waals surface area contributed by atoms with Crippen molar-refractivity contribution < 1.29 is 4.39 Å². The normalized spacial score (nSPS) is 11.6. The molecule has 128 valence electrons. The number of benzene rings is 1. The maximum atomic E-state index is 14.6. The summed E-state index contributed by atoms with van der Waals surface area (Å²) in [5.41, 5.74) is 4.28. The molecule has 0 aliphatic heterocycles. The van der Waals surface area contributed by atoms with E-state index in [1.54, 1.807) is 12.3 Å². The summed E-state index contributed by atoms with van der Waals surface area (Å²) in [6, 6.07) is 7.04. The van der Waals surface area contributed by atoms with Crippen LogP contribution in [0.4, 0.5) is 4.39 Å². The highest BCUT2D eigenvalue weighted by Crippen LogP contribution is 2.31. The molecule has 0 saturated heterocycles. The van der Waals surface area contributed by atoms with Crippen LogP contribution < -0.4 is 0 Å². The van der Waals surface area contributed by atoms with Crippen LogP contribution in [0.5, 0.6) is 0 Å². The van der Waals surface area contributed by atoms with Crippen LogP contribution >= 0.6 is 0 Å². The molecule has 0 amide bonds. The van der Waals surface area contributed by atoms with E-state index in [4.69, 9.17) is 0 Å². The maximum Gasteiger partial charge on any atom is 0.178 e. The van der Waals surface area contributed by atoms with Gasteiger partial charge < -0.3 is 0 Å². The largest absolute Gasteiger partial charge is 0.275 e. The van der Waals surface area contributed by atoms with Crippen LogP contribution in [-0.2, 0) is 0 Å². The Balaban J connectivity index is 2.22. The Labute approximate surface area is 146 Å². The second kappa shape index (κ2) is 6.97. The second-order valence-electron chi connectivity index (χ2n) is 6.45. The number of hydrogen-bond acceptors (Lipinski definition) is 3. The number of allylic oxidation sites excluding steroid dienone is 1. The number of rotatable bonds is 4. The predicted octanol–water partition coefficient (Wildman–Crippen LogP) is 4.96. The monoisotopic (exact) mass is 336 g/mol. The molecule has 1 aromatic carbocycles. The first-order valence-corrected chi connectivity index (χ1v) is 8.29. The zero-order valence-corrected chi connectivity index (χ0v) is 14.8. The lowest BCUT2D eigenvalue weighted by Gasteiger charge is -2.12. The molecule has 3 aromatic rings. The lowest BCUT2D eigenvalue weighted by Crippen LogP contribution is -2.02. The molecule has 3 rings (SSSR count). The molecule has 2 aromatic heterocycles. The molecule has 0 spiro atoms. The molecular formula is C20H21FN4. The zero-order valence-electron chi connectivity index (χ0n) is 14.8. The third kappa shape index (κ3) is 3.65. The van der Waals surface area contributed by atoms with Crippen LogP contribution in [0.1, 0.15) is 30.8 Å². The van der Waals surface area contributed by atoms with Gasteiger partial charge >= 0.3 is 0 Å². The maximum absolute atomic E-state index is 14.6. The van der Waals surface area contributed by atoms with Gasteiger partial charge in [-0.15, -0.1) is 0 Å². The first kappa shape index (κ1) is 17.0. The van der Waals surface area contributed by atoms with E-state index >= 15 is 0 Å². The molecule has 5 heteroatoms. The number of nitrogens with one attached hydrogen (secondary N) is 1. The fourth-order valence-corrected chi connectivity index (χ4v) is 2.66. The fraction of sp³-hybridized carbons (Fsp3) is 0.250. The summed E-state index contributed by atoms with van der Waals surface area (Å²) >= 11 is 0. The predicted molar refractivity (Wildman–Crippen MR) is 98.4 cm³/mol. The Morgan fingerprint density at radius 2 is 1.92 bits per heavy atom. The molecule has 25 heavy (non-hydrogen) atoms. The summed E-state index contributed by atoms with van der Waals surface area (Å²) in [6.07, 6.45) is 5.65. The van der Waals surface area contributed by atoms with Crippen molar-refractivity contribution in [3.8, 4) is 22.6 Å². The first-order valence-electron chi connectivity index (χ1n) is 8.29. The van der Waals surface area contributed by atoms with Gasteiger partial charge in [0, 0.05) is 23.0 Å². The Morgan fingerprint density at radius 3 is 2.56 bits per heavy atom. The Kier molecular flexibility index (Phi) is 4.74. The van der Waals surface area contributed by atoms with Crippen LogP contribution in [-0.4, -0.2) is 20.2 Å². The summed E-state index contributed by atoms with van der Waals surface area (Å²) in [6.45, 7) is 7.93. The van der Waals surface area contributed by atoms with E-state index in [9.17, 15) is 4.39 Å². The molecular weight excluding hydrogens is 315 g/mol. The summed E-state index contributed by atoms with van der Waals surface area (Å²) in [4.78, 5) is 9.21. The van der Waals surface area contributed by atoms with Crippen molar-refractivity contribution in [1.29, 1.82) is 0 Å². The summed E-state index contributed by atoms with van der Waals surface area (Å²) in [5.74, 6) is 0.649. The van der Waals surface area contributed by atoms with Gasteiger partial charge in [-0.3, -0.25) is 5.10 Å². The minimum atomic E-state index is -0.264. The van der Waals surface area contributed by atoms with Crippen molar-refractivity contribution in [2.45, 2.75) is 27.7 Å². The quantitative estimate of drug-likeness (QED) is 0.732. The molecule has 4 nitrogen and oxygen atoms in total. The van der Waals surface area contributed by atoms with Gasteiger partial charge in [0.2, 0.25) is 0 Å². The Bertz CT molecular complexity index is 912. The minimum absolute atomic E-state index is 0.264. The smallest absolute Gasteiger partial charge is 0.178 e. The van der Waals surface area contributed by atoms with Crippen LogP contribution in [0.3, 0.4) is 0 Å². The van der Waals surface area contributed by atoms with E-state index in [2.05, 4.69) is 34.0 Å². The lowest BCUT2D eigenvalue weighted by molar-refractivity contribution is 0.629. The number of aryl methyl sites for hydroxylation is 2. The SMILES string of the molecule is Cc1ccc(-c2c(C)nc(-c3ccn[nH]3)nc2/C=C/C(C)C)c(F)c1. The van der Waals surface area contributed by atoms with Gasteiger partial charge in [0.1, 0.15) is 11.5 Å². The minimum Gasteiger partial charge on any atom is -0.275 e. The standard InChI is InChI=1S/C20H21FN4/c1-12(2)5-8-17-19(15-7-6-13(3)11-16(15)21)14(4)23-20(24-17)18-9-10-22-25-18/h5-12H,1-4H3,(H,22,25)/b8-5+. The van der Waals surface area contributed by atoms with Crippen LogP contribution in [0.15, 0.2) is 36.5 Å².